The van der Waals surface area contributed by atoms with Crippen molar-refractivity contribution in [3.05, 3.63) is 54.0 Å². The van der Waals surface area contributed by atoms with Crippen LogP contribution in [0.5, 0.6) is 0 Å². The third kappa shape index (κ3) is 4.38. The molecule has 1 N–H and O–H groups in total. The van der Waals surface area contributed by atoms with Gasteiger partial charge in [0.05, 0.1) is 6.26 Å². The van der Waals surface area contributed by atoms with Gasteiger partial charge in [-0.2, -0.15) is 0 Å². The molecule has 2 heterocycles. The number of hydrogen-bond donors (Lipinski definition) is 1. The van der Waals surface area contributed by atoms with E-state index in [1.54, 1.807) is 12.1 Å². The van der Waals surface area contributed by atoms with Crippen LogP contribution in [0.15, 0.2) is 47.1 Å². The van der Waals surface area contributed by atoms with Crippen LogP contribution in [0.3, 0.4) is 0 Å². The van der Waals surface area contributed by atoms with E-state index in [9.17, 15) is 4.79 Å². The van der Waals surface area contributed by atoms with Gasteiger partial charge in [-0.25, -0.2) is 0 Å². The summed E-state index contributed by atoms with van der Waals surface area (Å²) in [7, 11) is 0. The van der Waals surface area contributed by atoms with Crippen molar-refractivity contribution in [1.29, 1.82) is 0 Å². The van der Waals surface area contributed by atoms with Crippen molar-refractivity contribution in [3.8, 4) is 0 Å². The van der Waals surface area contributed by atoms with Crippen LogP contribution in [0.1, 0.15) is 41.8 Å². The number of hydrogen-bond acceptors (Lipinski definition) is 3. The molecule has 1 aromatic heterocycles. The van der Waals surface area contributed by atoms with E-state index in [0.717, 1.165) is 6.42 Å². The van der Waals surface area contributed by atoms with Crippen molar-refractivity contribution in [2.24, 2.45) is 0 Å². The van der Waals surface area contributed by atoms with E-state index in [0.29, 0.717) is 12.3 Å². The number of nitrogens with one attached hydrogen (secondary N) is 1. The molecule has 0 bridgehead atoms. The van der Waals surface area contributed by atoms with Gasteiger partial charge in [-0.05, 0) is 49.1 Å². The first-order chi connectivity index (χ1) is 11.3. The van der Waals surface area contributed by atoms with Crippen LogP contribution in [-0.4, -0.2) is 25.5 Å². The van der Waals surface area contributed by atoms with E-state index in [1.165, 1.54) is 56.3 Å². The highest BCUT2D eigenvalue weighted by Crippen LogP contribution is 2.20. The van der Waals surface area contributed by atoms with Crippen molar-refractivity contribution < 1.29 is 9.21 Å². The summed E-state index contributed by atoms with van der Waals surface area (Å²) in [5, 5.41) is 2.88. The fraction of sp³-hybridized carbons (Fsp3) is 0.421. The van der Waals surface area contributed by atoms with E-state index >= 15 is 0 Å². The Labute approximate surface area is 137 Å². The standard InChI is InChI=1S/C19H24N2O2/c22-19(18-6-5-15-23-18)20-12-11-16-7-9-17(10-8-16)21-13-3-1-2-4-14-21/h5-10,15H,1-4,11-14H2,(H,20,22). The minimum atomic E-state index is -0.156. The molecule has 23 heavy (non-hydrogen) atoms. The lowest BCUT2D eigenvalue weighted by Gasteiger charge is -2.22. The predicted molar refractivity (Wildman–Crippen MR) is 91.9 cm³/mol. The Morgan fingerprint density at radius 3 is 2.43 bits per heavy atom. The lowest BCUT2D eigenvalue weighted by atomic mass is 10.1. The summed E-state index contributed by atoms with van der Waals surface area (Å²) in [6.07, 6.45) is 7.62. The summed E-state index contributed by atoms with van der Waals surface area (Å²) >= 11 is 0. The molecule has 0 spiro atoms. The summed E-state index contributed by atoms with van der Waals surface area (Å²) in [4.78, 5) is 14.3. The Balaban J connectivity index is 1.48. The van der Waals surface area contributed by atoms with Crippen LogP contribution in [0.2, 0.25) is 0 Å². The van der Waals surface area contributed by atoms with Crippen LogP contribution in [0.25, 0.3) is 0 Å². The van der Waals surface area contributed by atoms with E-state index in [1.807, 2.05) is 0 Å². The molecule has 1 aliphatic heterocycles. The van der Waals surface area contributed by atoms with Gasteiger partial charge in [0, 0.05) is 25.3 Å². The molecule has 1 fully saturated rings. The van der Waals surface area contributed by atoms with Gasteiger partial charge >= 0.3 is 0 Å². The Hall–Kier alpha value is -2.23. The lowest BCUT2D eigenvalue weighted by Crippen LogP contribution is -2.25. The molecule has 4 nitrogen and oxygen atoms in total. The maximum absolute atomic E-state index is 11.8. The van der Waals surface area contributed by atoms with Gasteiger partial charge in [0.2, 0.25) is 0 Å². The fourth-order valence-electron chi connectivity index (χ4n) is 3.02. The first kappa shape index (κ1) is 15.7. The number of carbonyl (C=O) groups excluding carboxylic acids is 1. The average molecular weight is 312 g/mol. The van der Waals surface area contributed by atoms with Crippen LogP contribution >= 0.6 is 0 Å². The van der Waals surface area contributed by atoms with Crippen LogP contribution in [0.4, 0.5) is 5.69 Å². The quantitative estimate of drug-likeness (QED) is 0.917. The van der Waals surface area contributed by atoms with Crippen molar-refractivity contribution >= 4 is 11.6 Å². The van der Waals surface area contributed by atoms with Crippen molar-refractivity contribution in [3.63, 3.8) is 0 Å². The highest BCUT2D eigenvalue weighted by molar-refractivity contribution is 5.91. The van der Waals surface area contributed by atoms with Gasteiger partial charge in [0.25, 0.3) is 5.91 Å². The summed E-state index contributed by atoms with van der Waals surface area (Å²) < 4.78 is 5.07. The lowest BCUT2D eigenvalue weighted by molar-refractivity contribution is 0.0926. The zero-order chi connectivity index (χ0) is 15.9. The van der Waals surface area contributed by atoms with Gasteiger partial charge in [0.1, 0.15) is 0 Å². The normalized spacial score (nSPS) is 15.2. The number of benzene rings is 1. The summed E-state index contributed by atoms with van der Waals surface area (Å²) in [5.41, 5.74) is 2.55. The zero-order valence-electron chi connectivity index (χ0n) is 13.5. The molecule has 3 rings (SSSR count). The molecule has 1 aromatic carbocycles. The maximum atomic E-state index is 11.8. The first-order valence-electron chi connectivity index (χ1n) is 8.48. The first-order valence-corrected chi connectivity index (χ1v) is 8.48. The molecular weight excluding hydrogens is 288 g/mol. The Bertz CT molecular complexity index is 597. The minimum Gasteiger partial charge on any atom is -0.459 e. The largest absolute Gasteiger partial charge is 0.459 e. The molecule has 2 aromatic rings. The number of amides is 1. The topological polar surface area (TPSA) is 45.5 Å². The molecular formula is C19H24N2O2. The zero-order valence-corrected chi connectivity index (χ0v) is 13.5. The molecule has 4 heteroatoms. The number of anilines is 1. The van der Waals surface area contributed by atoms with Crippen molar-refractivity contribution in [1.82, 2.24) is 5.32 Å². The summed E-state index contributed by atoms with van der Waals surface area (Å²) in [6.45, 7) is 2.94. The molecule has 1 saturated heterocycles. The van der Waals surface area contributed by atoms with Gasteiger partial charge < -0.3 is 14.6 Å². The third-order valence-corrected chi connectivity index (χ3v) is 4.35. The van der Waals surface area contributed by atoms with Gasteiger partial charge in [-0.3, -0.25) is 4.79 Å². The second-order valence-corrected chi connectivity index (χ2v) is 6.05. The van der Waals surface area contributed by atoms with Crippen LogP contribution in [0, 0.1) is 0 Å². The Kier molecular flexibility index (Phi) is 5.35. The van der Waals surface area contributed by atoms with Crippen molar-refractivity contribution in [2.75, 3.05) is 24.5 Å². The second-order valence-electron chi connectivity index (χ2n) is 6.05. The predicted octanol–water partition coefficient (Wildman–Crippen LogP) is 3.63. The second kappa shape index (κ2) is 7.86. The molecule has 0 atom stereocenters. The smallest absolute Gasteiger partial charge is 0.286 e. The monoisotopic (exact) mass is 312 g/mol. The Morgan fingerprint density at radius 2 is 1.78 bits per heavy atom. The summed E-state index contributed by atoms with van der Waals surface area (Å²) in [5.74, 6) is 0.206. The van der Waals surface area contributed by atoms with Gasteiger partial charge in [-0.1, -0.05) is 25.0 Å². The van der Waals surface area contributed by atoms with E-state index in [2.05, 4.69) is 34.5 Å². The molecule has 122 valence electrons. The maximum Gasteiger partial charge on any atom is 0.286 e. The van der Waals surface area contributed by atoms with E-state index < -0.39 is 0 Å². The molecule has 0 unspecified atom stereocenters. The number of rotatable bonds is 5. The van der Waals surface area contributed by atoms with Crippen LogP contribution in [-0.2, 0) is 6.42 Å². The highest BCUT2D eigenvalue weighted by Gasteiger charge is 2.10. The number of nitrogens with zero attached hydrogens (tertiary/aromatic N) is 1. The van der Waals surface area contributed by atoms with Crippen molar-refractivity contribution in [2.45, 2.75) is 32.1 Å². The number of carbonyl (C=O) groups is 1. The molecule has 1 aliphatic rings. The van der Waals surface area contributed by atoms with Gasteiger partial charge in [-0.15, -0.1) is 0 Å². The fourth-order valence-corrected chi connectivity index (χ4v) is 3.02. The Morgan fingerprint density at radius 1 is 1.04 bits per heavy atom. The molecule has 1 amide bonds. The molecule has 0 aliphatic carbocycles. The minimum absolute atomic E-state index is 0.156. The third-order valence-electron chi connectivity index (χ3n) is 4.35. The number of furan rings is 1. The molecule has 0 saturated carbocycles. The summed E-state index contributed by atoms with van der Waals surface area (Å²) in [6, 6.07) is 12.1. The highest BCUT2D eigenvalue weighted by atomic mass is 16.3. The van der Waals surface area contributed by atoms with E-state index in [-0.39, 0.29) is 5.91 Å². The van der Waals surface area contributed by atoms with Gasteiger partial charge in [0.15, 0.2) is 5.76 Å². The van der Waals surface area contributed by atoms with Crippen LogP contribution < -0.4 is 10.2 Å². The van der Waals surface area contributed by atoms with E-state index in [4.69, 9.17) is 4.42 Å². The SMILES string of the molecule is O=C(NCCc1ccc(N2CCCCCC2)cc1)c1ccco1. The molecule has 0 radical (unpaired) electrons. The average Bonchev–Trinajstić information content (AvgIpc) is 2.98.